The molecule has 3 heterocycles. The molecular weight excluding hydrogens is 418 g/mol. The normalized spacial score (nSPS) is 26.4. The molecule has 1 aliphatic heterocycles. The van der Waals surface area contributed by atoms with Gasteiger partial charge in [-0.05, 0) is 50.7 Å². The van der Waals surface area contributed by atoms with Gasteiger partial charge in [-0.15, -0.1) is 5.10 Å². The molecule has 172 valence electrons. The molecule has 0 unspecified atom stereocenters. The molecule has 0 spiro atoms. The number of aromatic nitrogens is 3. The summed E-state index contributed by atoms with van der Waals surface area (Å²) in [5.74, 6) is 0.985. The number of aliphatic hydroxyl groups is 1. The van der Waals surface area contributed by atoms with E-state index in [9.17, 15) is 13.5 Å². The van der Waals surface area contributed by atoms with Gasteiger partial charge in [0.05, 0.1) is 30.7 Å². The molecule has 0 amide bonds. The van der Waals surface area contributed by atoms with Crippen molar-refractivity contribution >= 4 is 21.5 Å². The van der Waals surface area contributed by atoms with Crippen LogP contribution in [0.3, 0.4) is 0 Å². The van der Waals surface area contributed by atoms with E-state index in [1.807, 2.05) is 17.6 Å². The second-order valence-electron chi connectivity index (χ2n) is 9.02. The van der Waals surface area contributed by atoms with Crippen LogP contribution in [-0.2, 0) is 14.8 Å². The van der Waals surface area contributed by atoms with Crippen LogP contribution in [0, 0.1) is 0 Å². The number of rotatable bonds is 7. The van der Waals surface area contributed by atoms with Gasteiger partial charge in [-0.3, -0.25) is 0 Å². The lowest BCUT2D eigenvalue weighted by Crippen LogP contribution is -2.27. The third-order valence-corrected chi connectivity index (χ3v) is 7.81. The van der Waals surface area contributed by atoms with Crippen LogP contribution in [-0.4, -0.2) is 77.6 Å². The topological polar surface area (TPSA) is 109 Å². The molecule has 1 aliphatic carbocycles. The lowest BCUT2D eigenvalue weighted by Gasteiger charge is -2.25. The Morgan fingerprint density at radius 1 is 1.26 bits per heavy atom. The van der Waals surface area contributed by atoms with Crippen molar-refractivity contribution < 1.29 is 18.3 Å². The van der Waals surface area contributed by atoms with E-state index in [4.69, 9.17) is 9.84 Å². The average Bonchev–Trinajstić information content (AvgIpc) is 3.33. The Labute approximate surface area is 183 Å². The van der Waals surface area contributed by atoms with Gasteiger partial charge in [0.1, 0.15) is 0 Å². The number of nitrogens with zero attached hydrogens (tertiary/aromatic N) is 4. The minimum atomic E-state index is -3.20. The van der Waals surface area contributed by atoms with Crippen molar-refractivity contribution in [1.29, 1.82) is 0 Å². The molecule has 9 nitrogen and oxygen atoms in total. The summed E-state index contributed by atoms with van der Waals surface area (Å²) in [6, 6.07) is 2.27. The van der Waals surface area contributed by atoms with Gasteiger partial charge in [0.15, 0.2) is 0 Å². The summed E-state index contributed by atoms with van der Waals surface area (Å²) in [6.45, 7) is 3.60. The largest absolute Gasteiger partial charge is 0.393 e. The van der Waals surface area contributed by atoms with Crippen molar-refractivity contribution in [2.45, 2.75) is 63.0 Å². The Hall–Kier alpha value is -1.75. The summed E-state index contributed by atoms with van der Waals surface area (Å²) in [4.78, 5) is 4.53. The van der Waals surface area contributed by atoms with Crippen LogP contribution in [0.4, 0.5) is 5.95 Å². The van der Waals surface area contributed by atoms with Gasteiger partial charge in [-0.25, -0.2) is 22.2 Å². The fourth-order valence-corrected chi connectivity index (χ4v) is 5.78. The first-order chi connectivity index (χ1) is 14.8. The first kappa shape index (κ1) is 22.4. The van der Waals surface area contributed by atoms with E-state index in [1.165, 1.54) is 6.26 Å². The van der Waals surface area contributed by atoms with Crippen molar-refractivity contribution in [2.75, 3.05) is 38.4 Å². The number of hydrogen-bond donors (Lipinski definition) is 2. The van der Waals surface area contributed by atoms with E-state index in [0.717, 1.165) is 48.9 Å². The van der Waals surface area contributed by atoms with E-state index in [2.05, 4.69) is 16.4 Å². The summed E-state index contributed by atoms with van der Waals surface area (Å²) in [6.07, 6.45) is 7.10. The molecule has 2 aromatic heterocycles. The summed E-state index contributed by atoms with van der Waals surface area (Å²) >= 11 is 0. The van der Waals surface area contributed by atoms with E-state index in [-0.39, 0.29) is 18.1 Å². The highest BCUT2D eigenvalue weighted by Crippen LogP contribution is 2.38. The lowest BCUT2D eigenvalue weighted by atomic mass is 9.85. The van der Waals surface area contributed by atoms with Crippen LogP contribution in [0.1, 0.15) is 62.1 Å². The standard InChI is InChI=1S/C21H33N5O4S/c1-14(13-30-2)23-21-22-11-20-18(16-8-9-25(12-16)31(3,28)29)10-19(26(20)24-21)15-4-6-17(27)7-5-15/h10-11,14-17,27H,4-9,12-13H2,1-3H3,(H,23,24)/t14-,15?,16-,17?/m0/s1. The molecule has 31 heavy (non-hydrogen) atoms. The Bertz CT molecular complexity index is 1020. The Morgan fingerprint density at radius 3 is 2.65 bits per heavy atom. The Kier molecular flexibility index (Phi) is 6.52. The van der Waals surface area contributed by atoms with Gasteiger partial charge >= 0.3 is 0 Å². The molecule has 1 saturated heterocycles. The fourth-order valence-electron chi connectivity index (χ4n) is 4.89. The highest BCUT2D eigenvalue weighted by atomic mass is 32.2. The number of hydrogen-bond acceptors (Lipinski definition) is 7. The van der Waals surface area contributed by atoms with E-state index >= 15 is 0 Å². The number of aliphatic hydroxyl groups excluding tert-OH is 1. The molecule has 2 fully saturated rings. The van der Waals surface area contributed by atoms with Crippen molar-refractivity contribution in [2.24, 2.45) is 0 Å². The zero-order valence-electron chi connectivity index (χ0n) is 18.5. The van der Waals surface area contributed by atoms with Gasteiger partial charge in [-0.2, -0.15) is 0 Å². The van der Waals surface area contributed by atoms with E-state index in [1.54, 1.807) is 11.4 Å². The third-order valence-electron chi connectivity index (χ3n) is 6.54. The second-order valence-corrected chi connectivity index (χ2v) is 11.0. The smallest absolute Gasteiger partial charge is 0.241 e. The summed E-state index contributed by atoms with van der Waals surface area (Å²) < 4.78 is 32.8. The number of ether oxygens (including phenoxy) is 1. The molecule has 2 atom stereocenters. The molecule has 1 saturated carbocycles. The van der Waals surface area contributed by atoms with Gasteiger partial charge in [0.25, 0.3) is 0 Å². The third kappa shape index (κ3) is 4.87. The van der Waals surface area contributed by atoms with E-state index < -0.39 is 10.0 Å². The maximum Gasteiger partial charge on any atom is 0.241 e. The molecule has 0 radical (unpaired) electrons. The summed E-state index contributed by atoms with van der Waals surface area (Å²) in [5.41, 5.74) is 3.18. The second kappa shape index (κ2) is 9.01. The van der Waals surface area contributed by atoms with Gasteiger partial charge < -0.3 is 15.2 Å². The highest BCUT2D eigenvalue weighted by Gasteiger charge is 2.33. The quantitative estimate of drug-likeness (QED) is 0.662. The van der Waals surface area contributed by atoms with Crippen LogP contribution in [0.15, 0.2) is 12.3 Å². The molecule has 2 aromatic rings. The minimum absolute atomic E-state index is 0.0731. The van der Waals surface area contributed by atoms with E-state index in [0.29, 0.717) is 31.6 Å². The van der Waals surface area contributed by atoms with Crippen molar-refractivity contribution in [3.05, 3.63) is 23.5 Å². The van der Waals surface area contributed by atoms with Crippen LogP contribution < -0.4 is 5.32 Å². The van der Waals surface area contributed by atoms with Crippen LogP contribution in [0.5, 0.6) is 0 Å². The van der Waals surface area contributed by atoms with Crippen molar-refractivity contribution in [1.82, 2.24) is 18.9 Å². The predicted octanol–water partition coefficient (Wildman–Crippen LogP) is 1.94. The highest BCUT2D eigenvalue weighted by molar-refractivity contribution is 7.88. The molecule has 4 rings (SSSR count). The van der Waals surface area contributed by atoms with Crippen molar-refractivity contribution in [3.63, 3.8) is 0 Å². The van der Waals surface area contributed by atoms with Gasteiger partial charge in [0, 0.05) is 43.8 Å². The van der Waals surface area contributed by atoms with Crippen LogP contribution in [0.2, 0.25) is 0 Å². The fraction of sp³-hybridized carbons (Fsp3) is 0.714. The van der Waals surface area contributed by atoms with Gasteiger partial charge in [-0.1, -0.05) is 0 Å². The number of fused-ring (bicyclic) bond motifs is 1. The van der Waals surface area contributed by atoms with Crippen LogP contribution >= 0.6 is 0 Å². The number of anilines is 1. The Balaban J connectivity index is 1.69. The average molecular weight is 452 g/mol. The maximum absolute atomic E-state index is 12.0. The molecule has 2 aliphatic rings. The first-order valence-electron chi connectivity index (χ1n) is 11.0. The zero-order valence-corrected chi connectivity index (χ0v) is 19.3. The summed E-state index contributed by atoms with van der Waals surface area (Å²) in [5, 5.41) is 18.0. The summed E-state index contributed by atoms with van der Waals surface area (Å²) in [7, 11) is -1.53. The first-order valence-corrected chi connectivity index (χ1v) is 12.9. The molecule has 0 aromatic carbocycles. The molecule has 2 N–H and O–H groups in total. The lowest BCUT2D eigenvalue weighted by molar-refractivity contribution is 0.121. The van der Waals surface area contributed by atoms with Crippen molar-refractivity contribution in [3.8, 4) is 0 Å². The molecule has 10 heteroatoms. The number of sulfonamides is 1. The minimum Gasteiger partial charge on any atom is -0.393 e. The Morgan fingerprint density at radius 2 is 2.00 bits per heavy atom. The SMILES string of the molecule is COC[C@H](C)Nc1ncc2c([C@H]3CCN(S(C)(=O)=O)C3)cc(C3CCC(O)CC3)n2n1. The number of methoxy groups -OCH3 is 1. The molecule has 0 bridgehead atoms. The monoisotopic (exact) mass is 451 g/mol. The maximum atomic E-state index is 12.0. The van der Waals surface area contributed by atoms with Crippen LogP contribution in [0.25, 0.3) is 5.52 Å². The zero-order chi connectivity index (χ0) is 22.2. The predicted molar refractivity (Wildman–Crippen MR) is 119 cm³/mol. The number of nitrogens with one attached hydrogen (secondary N) is 1. The molecular formula is C21H33N5O4S. The van der Waals surface area contributed by atoms with Gasteiger partial charge in [0.2, 0.25) is 16.0 Å².